The molecule has 0 N–H and O–H groups in total. The number of hydrogen-bond acceptors (Lipinski definition) is 4. The third kappa shape index (κ3) is 4.07. The van der Waals surface area contributed by atoms with E-state index in [9.17, 15) is 10.1 Å². The van der Waals surface area contributed by atoms with Crippen LogP contribution in [0.3, 0.4) is 0 Å². The molecule has 1 saturated heterocycles. The van der Waals surface area contributed by atoms with Crippen LogP contribution in [0, 0.1) is 16.0 Å². The Labute approximate surface area is 77.8 Å². The number of nitrogens with zero attached hydrogens (tertiary/aromatic N) is 2. The van der Waals surface area contributed by atoms with Gasteiger partial charge in [0.2, 0.25) is 0 Å². The third-order valence-corrected chi connectivity index (χ3v) is 2.56. The van der Waals surface area contributed by atoms with Crippen LogP contribution >= 0.6 is 0 Å². The van der Waals surface area contributed by atoms with Crippen LogP contribution in [0.5, 0.6) is 0 Å². The van der Waals surface area contributed by atoms with Gasteiger partial charge in [-0.1, -0.05) is 0 Å². The molecule has 76 valence electrons. The number of rotatable bonds is 4. The van der Waals surface area contributed by atoms with Crippen LogP contribution in [0.4, 0.5) is 0 Å². The highest BCUT2D eigenvalue weighted by Crippen LogP contribution is 2.19. The van der Waals surface area contributed by atoms with E-state index in [1.54, 1.807) is 0 Å². The Morgan fingerprint density at radius 2 is 2.15 bits per heavy atom. The maximum absolute atomic E-state index is 9.87. The Hall–Kier alpha value is -0.840. The van der Waals surface area contributed by atoms with Crippen LogP contribution in [-0.2, 0) is 4.84 Å². The zero-order valence-corrected chi connectivity index (χ0v) is 7.94. The fraction of sp³-hybridized carbons (Fsp3) is 1.00. The average molecular weight is 188 g/mol. The summed E-state index contributed by atoms with van der Waals surface area (Å²) in [7, 11) is 2.10. The molecule has 1 aliphatic rings. The van der Waals surface area contributed by atoms with E-state index in [0.717, 1.165) is 32.4 Å². The fourth-order valence-electron chi connectivity index (χ4n) is 1.64. The maximum atomic E-state index is 9.87. The van der Waals surface area contributed by atoms with Gasteiger partial charge < -0.3 is 9.74 Å². The van der Waals surface area contributed by atoms with E-state index in [-0.39, 0.29) is 6.61 Å². The SMILES string of the molecule is CN1CCC(CCO[N+](=O)[O-])CC1. The van der Waals surface area contributed by atoms with Crippen LogP contribution in [0.15, 0.2) is 0 Å². The summed E-state index contributed by atoms with van der Waals surface area (Å²) in [6.45, 7) is 2.45. The molecule has 0 aromatic heterocycles. The van der Waals surface area contributed by atoms with Crippen molar-refractivity contribution in [1.82, 2.24) is 4.90 Å². The molecule has 0 saturated carbocycles. The quantitative estimate of drug-likeness (QED) is 0.486. The summed E-state index contributed by atoms with van der Waals surface area (Å²) in [5.74, 6) is 0.608. The van der Waals surface area contributed by atoms with Gasteiger partial charge in [0.15, 0.2) is 0 Å². The molecule has 13 heavy (non-hydrogen) atoms. The lowest BCUT2D eigenvalue weighted by molar-refractivity contribution is -0.758. The molecule has 0 atom stereocenters. The summed E-state index contributed by atoms with van der Waals surface area (Å²) >= 11 is 0. The fourth-order valence-corrected chi connectivity index (χ4v) is 1.64. The predicted octanol–water partition coefficient (Wildman–Crippen LogP) is 0.927. The number of hydrogen-bond donors (Lipinski definition) is 0. The highest BCUT2D eigenvalue weighted by atomic mass is 16.9. The normalized spacial score (nSPS) is 20.1. The van der Waals surface area contributed by atoms with Gasteiger partial charge in [-0.25, -0.2) is 0 Å². The van der Waals surface area contributed by atoms with Crippen LogP contribution < -0.4 is 0 Å². The molecule has 1 rings (SSSR count). The minimum absolute atomic E-state index is 0.251. The number of piperidine rings is 1. The topological polar surface area (TPSA) is 55.6 Å². The van der Waals surface area contributed by atoms with Crippen molar-refractivity contribution in [1.29, 1.82) is 0 Å². The van der Waals surface area contributed by atoms with Crippen LogP contribution in [0.2, 0.25) is 0 Å². The molecule has 5 nitrogen and oxygen atoms in total. The van der Waals surface area contributed by atoms with Gasteiger partial charge in [0.05, 0.1) is 6.61 Å². The van der Waals surface area contributed by atoms with Gasteiger partial charge in [-0.3, -0.25) is 0 Å². The van der Waals surface area contributed by atoms with Crippen molar-refractivity contribution < 1.29 is 9.92 Å². The molecule has 1 fully saturated rings. The minimum atomic E-state index is -0.713. The first-order valence-corrected chi connectivity index (χ1v) is 4.64. The first kappa shape index (κ1) is 10.2. The molecule has 0 unspecified atom stereocenters. The summed E-state index contributed by atoms with van der Waals surface area (Å²) in [6.07, 6.45) is 3.09. The maximum Gasteiger partial charge on any atom is 0.294 e. The van der Waals surface area contributed by atoms with E-state index in [1.165, 1.54) is 0 Å². The highest BCUT2D eigenvalue weighted by Gasteiger charge is 2.16. The molecule has 0 amide bonds. The molecule has 0 aromatic rings. The molecule has 0 radical (unpaired) electrons. The van der Waals surface area contributed by atoms with Gasteiger partial charge in [0, 0.05) is 0 Å². The molecule has 0 aromatic carbocycles. The Balaban J connectivity index is 2.05. The van der Waals surface area contributed by atoms with Gasteiger partial charge in [-0.15, -0.1) is 10.1 Å². The van der Waals surface area contributed by atoms with Gasteiger partial charge in [0.1, 0.15) is 0 Å². The van der Waals surface area contributed by atoms with Gasteiger partial charge in [0.25, 0.3) is 5.09 Å². The first-order chi connectivity index (χ1) is 6.18. The summed E-state index contributed by atoms with van der Waals surface area (Å²) in [4.78, 5) is 16.4. The number of likely N-dealkylation sites (tertiary alicyclic amines) is 1. The molecule has 0 aliphatic carbocycles. The Morgan fingerprint density at radius 1 is 1.54 bits per heavy atom. The van der Waals surface area contributed by atoms with Crippen LogP contribution in [0.25, 0.3) is 0 Å². The van der Waals surface area contributed by atoms with Crippen molar-refractivity contribution >= 4 is 0 Å². The van der Waals surface area contributed by atoms with E-state index in [1.807, 2.05) is 0 Å². The van der Waals surface area contributed by atoms with Crippen LogP contribution in [0.1, 0.15) is 19.3 Å². The summed E-state index contributed by atoms with van der Waals surface area (Å²) < 4.78 is 0. The Bertz CT molecular complexity index is 167. The molecule has 1 heterocycles. The highest BCUT2D eigenvalue weighted by molar-refractivity contribution is 4.69. The van der Waals surface area contributed by atoms with E-state index in [2.05, 4.69) is 16.8 Å². The van der Waals surface area contributed by atoms with Gasteiger partial charge in [-0.05, 0) is 45.3 Å². The lowest BCUT2D eigenvalue weighted by Crippen LogP contribution is -2.30. The van der Waals surface area contributed by atoms with Crippen molar-refractivity contribution in [3.8, 4) is 0 Å². The van der Waals surface area contributed by atoms with Crippen molar-refractivity contribution in [3.05, 3.63) is 10.1 Å². The molecular formula is C8H16N2O3. The van der Waals surface area contributed by atoms with E-state index >= 15 is 0 Å². The minimum Gasteiger partial charge on any atom is -0.314 e. The molecule has 1 aliphatic heterocycles. The Morgan fingerprint density at radius 3 is 2.69 bits per heavy atom. The lowest BCUT2D eigenvalue weighted by Gasteiger charge is -2.28. The van der Waals surface area contributed by atoms with E-state index < -0.39 is 5.09 Å². The van der Waals surface area contributed by atoms with E-state index in [0.29, 0.717) is 5.92 Å². The van der Waals surface area contributed by atoms with Crippen molar-refractivity contribution in [2.75, 3.05) is 26.7 Å². The smallest absolute Gasteiger partial charge is 0.294 e. The van der Waals surface area contributed by atoms with E-state index in [4.69, 9.17) is 0 Å². The van der Waals surface area contributed by atoms with Crippen molar-refractivity contribution in [3.63, 3.8) is 0 Å². The van der Waals surface area contributed by atoms with Crippen molar-refractivity contribution in [2.45, 2.75) is 19.3 Å². The average Bonchev–Trinajstić information content (AvgIpc) is 2.08. The third-order valence-electron chi connectivity index (χ3n) is 2.56. The molecule has 0 spiro atoms. The standard InChI is InChI=1S/C8H16N2O3/c1-9-5-2-8(3-6-9)4-7-13-10(11)12/h8H,2-7H2,1H3. The zero-order valence-electron chi connectivity index (χ0n) is 7.94. The molecular weight excluding hydrogens is 172 g/mol. The van der Waals surface area contributed by atoms with Gasteiger partial charge >= 0.3 is 0 Å². The second kappa shape index (κ2) is 5.01. The monoisotopic (exact) mass is 188 g/mol. The second-order valence-corrected chi connectivity index (χ2v) is 3.59. The van der Waals surface area contributed by atoms with Crippen LogP contribution in [-0.4, -0.2) is 36.7 Å². The van der Waals surface area contributed by atoms with Gasteiger partial charge in [-0.2, -0.15) is 0 Å². The lowest BCUT2D eigenvalue weighted by atomic mass is 9.94. The molecule has 5 heteroatoms. The predicted molar refractivity (Wildman–Crippen MR) is 47.8 cm³/mol. The zero-order chi connectivity index (χ0) is 9.68. The summed E-state index contributed by atoms with van der Waals surface area (Å²) in [5, 5.41) is 9.15. The largest absolute Gasteiger partial charge is 0.314 e. The second-order valence-electron chi connectivity index (χ2n) is 3.59. The summed E-state index contributed by atoms with van der Waals surface area (Å²) in [6, 6.07) is 0. The molecule has 0 bridgehead atoms. The summed E-state index contributed by atoms with van der Waals surface area (Å²) in [5.41, 5.74) is 0. The Kier molecular flexibility index (Phi) is 3.95. The first-order valence-electron chi connectivity index (χ1n) is 4.64. The van der Waals surface area contributed by atoms with Crippen molar-refractivity contribution in [2.24, 2.45) is 5.92 Å².